The molecule has 114 valence electrons. The monoisotopic (exact) mass is 304 g/mol. The summed E-state index contributed by atoms with van der Waals surface area (Å²) in [5.41, 5.74) is 1.18. The number of nitrogens with zero attached hydrogens (tertiary/aromatic N) is 1. The summed E-state index contributed by atoms with van der Waals surface area (Å²) in [5, 5.41) is 4.71. The normalized spacial score (nSPS) is 12.6. The molecule has 0 amide bonds. The van der Waals surface area contributed by atoms with Crippen LogP contribution in [0.2, 0.25) is 0 Å². The minimum Gasteiger partial charge on any atom is -0.491 e. The van der Waals surface area contributed by atoms with Gasteiger partial charge < -0.3 is 10.1 Å². The third-order valence-corrected chi connectivity index (χ3v) is 4.09. The van der Waals surface area contributed by atoms with E-state index >= 15 is 0 Å². The summed E-state index contributed by atoms with van der Waals surface area (Å²) < 4.78 is 5.98. The Kier molecular flexibility index (Phi) is 5.76. The fraction of sp³-hybridized carbons (Fsp3) is 0.471. The van der Waals surface area contributed by atoms with Gasteiger partial charge in [-0.3, -0.25) is 0 Å². The van der Waals surface area contributed by atoms with Gasteiger partial charge in [-0.05, 0) is 39.8 Å². The maximum atomic E-state index is 5.98. The third-order valence-electron chi connectivity index (χ3n) is 3.11. The van der Waals surface area contributed by atoms with Crippen LogP contribution in [0.3, 0.4) is 0 Å². The van der Waals surface area contributed by atoms with E-state index in [-0.39, 0.29) is 12.1 Å². The molecule has 3 nitrogen and oxygen atoms in total. The Labute approximate surface area is 131 Å². The summed E-state index contributed by atoms with van der Waals surface area (Å²) in [4.78, 5) is 5.64. The molecule has 1 aromatic heterocycles. The van der Waals surface area contributed by atoms with Crippen molar-refractivity contribution in [3.05, 3.63) is 45.9 Å². The molecular formula is C17H24N2OS. The Balaban J connectivity index is 2.36. The lowest BCUT2D eigenvalue weighted by Gasteiger charge is -2.21. The molecule has 2 aromatic rings. The molecular weight excluding hydrogens is 280 g/mol. The number of aromatic nitrogens is 1. The summed E-state index contributed by atoms with van der Waals surface area (Å²) in [7, 11) is 0. The van der Waals surface area contributed by atoms with Gasteiger partial charge in [0.25, 0.3) is 0 Å². The summed E-state index contributed by atoms with van der Waals surface area (Å²) in [5.74, 6) is 0.951. The average Bonchev–Trinajstić information content (AvgIpc) is 2.87. The first-order valence-electron chi connectivity index (χ1n) is 7.53. The van der Waals surface area contributed by atoms with Gasteiger partial charge in [0, 0.05) is 16.6 Å². The number of aryl methyl sites for hydroxylation is 1. The van der Waals surface area contributed by atoms with Crippen LogP contribution in [0.15, 0.2) is 30.5 Å². The Morgan fingerprint density at radius 3 is 2.67 bits per heavy atom. The van der Waals surface area contributed by atoms with Gasteiger partial charge in [-0.25, -0.2) is 4.98 Å². The van der Waals surface area contributed by atoms with Crippen molar-refractivity contribution >= 4 is 11.3 Å². The van der Waals surface area contributed by atoms with E-state index in [2.05, 4.69) is 43.2 Å². The molecule has 0 aliphatic carbocycles. The topological polar surface area (TPSA) is 34.2 Å². The molecule has 21 heavy (non-hydrogen) atoms. The molecule has 1 unspecified atom stereocenters. The van der Waals surface area contributed by atoms with Crippen molar-refractivity contribution < 1.29 is 4.74 Å². The minimum absolute atomic E-state index is 0.145. The van der Waals surface area contributed by atoms with Gasteiger partial charge in [0.2, 0.25) is 0 Å². The first-order chi connectivity index (χ1) is 10.1. The summed E-state index contributed by atoms with van der Waals surface area (Å²) in [6.45, 7) is 9.31. The zero-order chi connectivity index (χ0) is 15.2. The minimum atomic E-state index is 0.145. The van der Waals surface area contributed by atoms with Crippen molar-refractivity contribution in [2.75, 3.05) is 6.54 Å². The average molecular weight is 304 g/mol. The molecule has 1 N–H and O–H groups in total. The highest BCUT2D eigenvalue weighted by Gasteiger charge is 2.20. The van der Waals surface area contributed by atoms with E-state index in [9.17, 15) is 0 Å². The predicted octanol–water partition coefficient (Wildman–Crippen LogP) is 4.33. The zero-order valence-corrected chi connectivity index (χ0v) is 14.0. The van der Waals surface area contributed by atoms with Crippen molar-refractivity contribution in [2.24, 2.45) is 0 Å². The van der Waals surface area contributed by atoms with Gasteiger partial charge in [0.15, 0.2) is 0 Å². The molecule has 4 heteroatoms. The fourth-order valence-corrected chi connectivity index (χ4v) is 3.12. The molecule has 0 aliphatic heterocycles. The summed E-state index contributed by atoms with van der Waals surface area (Å²) in [6, 6.07) is 8.42. The zero-order valence-electron chi connectivity index (χ0n) is 13.2. The molecule has 0 radical (unpaired) electrons. The SMILES string of the molecule is CCCNC(c1cnc(C)s1)c1ccccc1OC(C)C. The number of hydrogen-bond acceptors (Lipinski definition) is 4. The highest BCUT2D eigenvalue weighted by Crippen LogP contribution is 2.33. The Hall–Kier alpha value is -1.39. The van der Waals surface area contributed by atoms with E-state index in [0.29, 0.717) is 0 Å². The van der Waals surface area contributed by atoms with Gasteiger partial charge in [-0.15, -0.1) is 11.3 Å². The van der Waals surface area contributed by atoms with Crippen LogP contribution in [-0.4, -0.2) is 17.6 Å². The number of nitrogens with one attached hydrogen (secondary N) is 1. The number of ether oxygens (including phenoxy) is 1. The van der Waals surface area contributed by atoms with Crippen LogP contribution in [0, 0.1) is 6.92 Å². The lowest BCUT2D eigenvalue weighted by Crippen LogP contribution is -2.23. The molecule has 1 atom stereocenters. The molecule has 0 fully saturated rings. The second-order valence-corrected chi connectivity index (χ2v) is 6.64. The predicted molar refractivity (Wildman–Crippen MR) is 89.2 cm³/mol. The van der Waals surface area contributed by atoms with E-state index in [1.165, 1.54) is 10.4 Å². The highest BCUT2D eigenvalue weighted by molar-refractivity contribution is 7.11. The van der Waals surface area contributed by atoms with E-state index < -0.39 is 0 Å². The van der Waals surface area contributed by atoms with Crippen molar-refractivity contribution in [3.63, 3.8) is 0 Å². The second kappa shape index (κ2) is 7.57. The summed E-state index contributed by atoms with van der Waals surface area (Å²) in [6.07, 6.45) is 3.24. The lowest BCUT2D eigenvalue weighted by atomic mass is 10.0. The van der Waals surface area contributed by atoms with Gasteiger partial charge in [0.1, 0.15) is 5.75 Å². The number of thiazole rings is 1. The Morgan fingerprint density at radius 2 is 2.05 bits per heavy atom. The number of rotatable bonds is 7. The van der Waals surface area contributed by atoms with Gasteiger partial charge in [-0.2, -0.15) is 0 Å². The van der Waals surface area contributed by atoms with Gasteiger partial charge in [-0.1, -0.05) is 25.1 Å². The van der Waals surface area contributed by atoms with Crippen LogP contribution in [0.4, 0.5) is 0 Å². The number of para-hydroxylation sites is 1. The molecule has 0 saturated heterocycles. The second-order valence-electron chi connectivity index (χ2n) is 5.37. The molecule has 1 heterocycles. The van der Waals surface area contributed by atoms with Gasteiger partial charge >= 0.3 is 0 Å². The third kappa shape index (κ3) is 4.29. The van der Waals surface area contributed by atoms with Crippen LogP contribution in [-0.2, 0) is 0 Å². The largest absolute Gasteiger partial charge is 0.491 e. The molecule has 1 aromatic carbocycles. The molecule has 0 bridgehead atoms. The maximum Gasteiger partial charge on any atom is 0.124 e. The first-order valence-corrected chi connectivity index (χ1v) is 8.34. The standard InChI is InChI=1S/C17H24N2OS/c1-5-10-18-17(16-11-19-13(4)21-16)14-8-6-7-9-15(14)20-12(2)3/h6-9,11-12,17-18H,5,10H2,1-4H3. The molecule has 2 rings (SSSR count). The van der Waals surface area contributed by atoms with Crippen LogP contribution in [0.25, 0.3) is 0 Å². The molecule has 0 saturated carbocycles. The van der Waals surface area contributed by atoms with Crippen molar-refractivity contribution in [2.45, 2.75) is 46.3 Å². The van der Waals surface area contributed by atoms with Crippen LogP contribution in [0.5, 0.6) is 5.75 Å². The quantitative estimate of drug-likeness (QED) is 0.827. The Bertz CT molecular complexity index is 565. The van der Waals surface area contributed by atoms with Crippen molar-refractivity contribution in [1.82, 2.24) is 10.3 Å². The fourth-order valence-electron chi connectivity index (χ4n) is 2.24. The number of hydrogen-bond donors (Lipinski definition) is 1. The van der Waals surface area contributed by atoms with E-state index in [4.69, 9.17) is 4.74 Å². The van der Waals surface area contributed by atoms with E-state index in [1.54, 1.807) is 11.3 Å². The summed E-state index contributed by atoms with van der Waals surface area (Å²) >= 11 is 1.74. The van der Waals surface area contributed by atoms with E-state index in [1.807, 2.05) is 25.3 Å². The molecule has 0 aliphatic rings. The maximum absolute atomic E-state index is 5.98. The Morgan fingerprint density at radius 1 is 1.29 bits per heavy atom. The molecule has 0 spiro atoms. The van der Waals surface area contributed by atoms with Crippen LogP contribution in [0.1, 0.15) is 48.7 Å². The highest BCUT2D eigenvalue weighted by atomic mass is 32.1. The van der Waals surface area contributed by atoms with Crippen LogP contribution >= 0.6 is 11.3 Å². The van der Waals surface area contributed by atoms with Crippen molar-refractivity contribution in [3.8, 4) is 5.75 Å². The van der Waals surface area contributed by atoms with E-state index in [0.717, 1.165) is 23.7 Å². The van der Waals surface area contributed by atoms with Gasteiger partial charge in [0.05, 0.1) is 17.2 Å². The number of benzene rings is 1. The first kappa shape index (κ1) is 16.0. The lowest BCUT2D eigenvalue weighted by molar-refractivity contribution is 0.238. The van der Waals surface area contributed by atoms with Crippen LogP contribution < -0.4 is 10.1 Å². The smallest absolute Gasteiger partial charge is 0.124 e. The van der Waals surface area contributed by atoms with Crippen molar-refractivity contribution in [1.29, 1.82) is 0 Å².